The molecule has 0 saturated heterocycles. The molecule has 94 valence electrons. The number of nitrogens with zero attached hydrogens (tertiary/aromatic N) is 5. The van der Waals surface area contributed by atoms with E-state index < -0.39 is 0 Å². The average Bonchev–Trinajstić information content (AvgIpc) is 2.90. The number of hydrogen-bond acceptors (Lipinski definition) is 7. The number of hydrogen-bond donors (Lipinski definition) is 0. The van der Waals surface area contributed by atoms with Crippen LogP contribution in [0, 0.1) is 0 Å². The fraction of sp³-hybridized carbons (Fsp3) is 0.500. The van der Waals surface area contributed by atoms with E-state index >= 15 is 0 Å². The van der Waals surface area contributed by atoms with Crippen LogP contribution in [0.15, 0.2) is 10.9 Å². The Bertz CT molecular complexity index is 548. The van der Waals surface area contributed by atoms with E-state index in [1.54, 1.807) is 11.9 Å². The summed E-state index contributed by atoms with van der Waals surface area (Å²) < 4.78 is 8.51. The second-order valence-corrected chi connectivity index (χ2v) is 5.02. The highest BCUT2D eigenvalue weighted by Crippen LogP contribution is 2.41. The van der Waals surface area contributed by atoms with Gasteiger partial charge in [0.15, 0.2) is 5.82 Å². The van der Waals surface area contributed by atoms with Crippen molar-refractivity contribution in [1.29, 1.82) is 0 Å². The molecule has 2 aromatic heterocycles. The van der Waals surface area contributed by atoms with Gasteiger partial charge < -0.3 is 9.42 Å². The van der Waals surface area contributed by atoms with Crippen molar-refractivity contribution in [2.45, 2.75) is 25.3 Å². The summed E-state index contributed by atoms with van der Waals surface area (Å²) in [5.74, 6) is 0.814. The van der Waals surface area contributed by atoms with Gasteiger partial charge in [0, 0.05) is 13.0 Å². The number of aromatic nitrogens is 4. The molecule has 0 bridgehead atoms. The molecule has 1 fully saturated rings. The van der Waals surface area contributed by atoms with Crippen LogP contribution in [-0.2, 0) is 6.54 Å². The third kappa shape index (κ3) is 2.10. The van der Waals surface area contributed by atoms with Crippen LogP contribution in [-0.4, -0.2) is 37.6 Å². The third-order valence-electron chi connectivity index (χ3n) is 2.80. The number of amides is 1. The van der Waals surface area contributed by atoms with Gasteiger partial charge in [-0.1, -0.05) is 9.64 Å². The minimum atomic E-state index is -0.0864. The first-order chi connectivity index (χ1) is 8.75. The van der Waals surface area contributed by atoms with Gasteiger partial charge in [-0.25, -0.2) is 0 Å². The topological polar surface area (TPSA) is 85.0 Å². The summed E-state index contributed by atoms with van der Waals surface area (Å²) in [5, 5.41) is 7.73. The Morgan fingerprint density at radius 3 is 3.11 bits per heavy atom. The molecule has 0 N–H and O–H groups in total. The molecule has 7 nitrogen and oxygen atoms in total. The standard InChI is InChI=1S/C10H11N5O2S/c1-15(4-7-11-5-17-13-7)10(16)9-8(6-2-3-6)12-14-18-9/h5-6H,2-4H2,1H3. The first-order valence-corrected chi connectivity index (χ1v) is 6.36. The molecule has 18 heavy (non-hydrogen) atoms. The maximum Gasteiger partial charge on any atom is 0.267 e. The van der Waals surface area contributed by atoms with Gasteiger partial charge in [-0.15, -0.1) is 5.10 Å². The Balaban J connectivity index is 1.75. The molecule has 3 rings (SSSR count). The molecule has 0 radical (unpaired) electrons. The molecule has 1 amide bonds. The highest BCUT2D eigenvalue weighted by atomic mass is 32.1. The number of carbonyl (C=O) groups is 1. The van der Waals surface area contributed by atoms with Crippen molar-refractivity contribution in [3.05, 3.63) is 22.8 Å². The van der Waals surface area contributed by atoms with Crippen LogP contribution in [0.5, 0.6) is 0 Å². The van der Waals surface area contributed by atoms with Crippen molar-refractivity contribution in [2.24, 2.45) is 0 Å². The first-order valence-electron chi connectivity index (χ1n) is 5.58. The summed E-state index contributed by atoms with van der Waals surface area (Å²) in [5.41, 5.74) is 0.838. The first kappa shape index (κ1) is 11.3. The Hall–Kier alpha value is -1.83. The van der Waals surface area contributed by atoms with Crippen molar-refractivity contribution in [1.82, 2.24) is 24.6 Å². The molecule has 1 aliphatic carbocycles. The molecule has 0 spiro atoms. The van der Waals surface area contributed by atoms with Crippen LogP contribution in [0.4, 0.5) is 0 Å². The molecule has 0 aromatic carbocycles. The average molecular weight is 265 g/mol. The summed E-state index contributed by atoms with van der Waals surface area (Å²) >= 11 is 1.15. The van der Waals surface area contributed by atoms with Gasteiger partial charge in [-0.2, -0.15) is 4.98 Å². The summed E-state index contributed by atoms with van der Waals surface area (Å²) in [6.45, 7) is 0.317. The molecule has 2 aromatic rings. The SMILES string of the molecule is CN(Cc1ncon1)C(=O)c1snnc1C1CC1. The van der Waals surface area contributed by atoms with E-state index in [2.05, 4.69) is 24.3 Å². The lowest BCUT2D eigenvalue weighted by atomic mass is 10.2. The van der Waals surface area contributed by atoms with Gasteiger partial charge in [0.05, 0.1) is 12.2 Å². The zero-order valence-electron chi connectivity index (χ0n) is 9.74. The summed E-state index contributed by atoms with van der Waals surface area (Å²) in [6, 6.07) is 0. The maximum absolute atomic E-state index is 12.3. The Morgan fingerprint density at radius 2 is 2.44 bits per heavy atom. The van der Waals surface area contributed by atoms with Crippen molar-refractivity contribution in [2.75, 3.05) is 7.05 Å². The van der Waals surface area contributed by atoms with Crippen LogP contribution < -0.4 is 0 Å². The lowest BCUT2D eigenvalue weighted by molar-refractivity contribution is 0.0784. The zero-order chi connectivity index (χ0) is 12.5. The van der Waals surface area contributed by atoms with Gasteiger partial charge in [0.25, 0.3) is 5.91 Å². The quantitative estimate of drug-likeness (QED) is 0.822. The van der Waals surface area contributed by atoms with E-state index in [1.807, 2.05) is 0 Å². The Morgan fingerprint density at radius 1 is 1.61 bits per heavy atom. The van der Waals surface area contributed by atoms with E-state index in [9.17, 15) is 4.79 Å². The normalized spacial score (nSPS) is 14.7. The Kier molecular flexibility index (Phi) is 2.78. The van der Waals surface area contributed by atoms with Crippen LogP contribution in [0.25, 0.3) is 0 Å². The molecule has 1 aliphatic rings. The number of carbonyl (C=O) groups excluding carboxylic acids is 1. The maximum atomic E-state index is 12.3. The lowest BCUT2D eigenvalue weighted by Crippen LogP contribution is -2.26. The largest absolute Gasteiger partial charge is 0.343 e. The van der Waals surface area contributed by atoms with Gasteiger partial charge in [-0.3, -0.25) is 4.79 Å². The van der Waals surface area contributed by atoms with E-state index in [1.165, 1.54) is 6.39 Å². The van der Waals surface area contributed by atoms with Crippen LogP contribution >= 0.6 is 11.5 Å². The van der Waals surface area contributed by atoms with Crippen molar-refractivity contribution < 1.29 is 9.32 Å². The minimum absolute atomic E-state index is 0.0864. The van der Waals surface area contributed by atoms with Crippen molar-refractivity contribution in [3.8, 4) is 0 Å². The molecular formula is C10H11N5O2S. The predicted molar refractivity (Wildman–Crippen MR) is 62.0 cm³/mol. The molecule has 1 saturated carbocycles. The summed E-state index contributed by atoms with van der Waals surface area (Å²) in [6.07, 6.45) is 3.44. The summed E-state index contributed by atoms with van der Waals surface area (Å²) in [4.78, 5) is 18.3. The van der Waals surface area contributed by atoms with Crippen molar-refractivity contribution in [3.63, 3.8) is 0 Å². The van der Waals surface area contributed by atoms with E-state index in [-0.39, 0.29) is 5.91 Å². The van der Waals surface area contributed by atoms with Gasteiger partial charge in [0.1, 0.15) is 4.88 Å². The zero-order valence-corrected chi connectivity index (χ0v) is 10.6. The molecule has 2 heterocycles. The molecule has 0 atom stereocenters. The smallest absolute Gasteiger partial charge is 0.267 e. The number of rotatable bonds is 4. The Labute approximate surface area is 107 Å². The molecule has 8 heteroatoms. The van der Waals surface area contributed by atoms with E-state index in [4.69, 9.17) is 0 Å². The van der Waals surface area contributed by atoms with Crippen LogP contribution in [0.1, 0.15) is 39.9 Å². The minimum Gasteiger partial charge on any atom is -0.343 e. The predicted octanol–water partition coefficient (Wildman–Crippen LogP) is 1.07. The molecule has 0 aliphatic heterocycles. The van der Waals surface area contributed by atoms with Crippen LogP contribution in [0.3, 0.4) is 0 Å². The fourth-order valence-electron chi connectivity index (χ4n) is 1.69. The van der Waals surface area contributed by atoms with Crippen LogP contribution in [0.2, 0.25) is 0 Å². The fourth-order valence-corrected chi connectivity index (χ4v) is 2.43. The van der Waals surface area contributed by atoms with Gasteiger partial charge in [-0.05, 0) is 24.4 Å². The highest BCUT2D eigenvalue weighted by Gasteiger charge is 2.32. The second kappa shape index (κ2) is 4.45. The molecule has 0 unspecified atom stereocenters. The highest BCUT2D eigenvalue weighted by molar-refractivity contribution is 7.08. The van der Waals surface area contributed by atoms with Crippen molar-refractivity contribution >= 4 is 17.4 Å². The third-order valence-corrected chi connectivity index (χ3v) is 3.53. The molecular weight excluding hydrogens is 254 g/mol. The monoisotopic (exact) mass is 265 g/mol. The summed E-state index contributed by atoms with van der Waals surface area (Å²) in [7, 11) is 1.70. The van der Waals surface area contributed by atoms with Gasteiger partial charge >= 0.3 is 0 Å². The second-order valence-electron chi connectivity index (χ2n) is 4.27. The lowest BCUT2D eigenvalue weighted by Gasteiger charge is -2.13. The van der Waals surface area contributed by atoms with E-state index in [0.717, 1.165) is 30.1 Å². The van der Waals surface area contributed by atoms with Gasteiger partial charge in [0.2, 0.25) is 6.39 Å². The van der Waals surface area contributed by atoms with E-state index in [0.29, 0.717) is 23.2 Å².